The SMILES string of the molecule is N#Cc1ccc2c(c1)C1(CCCCC1)c1ccc(-c3ccccc3-c3nc(-c4ccccc4)cc(-c4ccc(-c5ccccc5)cc4)n3)cc1-2. The molecule has 0 unspecified atom stereocenters. The van der Waals surface area contributed by atoms with Gasteiger partial charge in [0.25, 0.3) is 0 Å². The van der Waals surface area contributed by atoms with Crippen molar-refractivity contribution in [1.82, 2.24) is 9.97 Å². The molecule has 2 aliphatic carbocycles. The average Bonchev–Trinajstić information content (AvgIpc) is 3.45. The van der Waals surface area contributed by atoms with Crippen LogP contribution in [0.2, 0.25) is 0 Å². The van der Waals surface area contributed by atoms with E-state index < -0.39 is 0 Å². The molecule has 238 valence electrons. The van der Waals surface area contributed by atoms with E-state index >= 15 is 0 Å². The second-order valence-corrected chi connectivity index (χ2v) is 13.6. The molecule has 6 aromatic carbocycles. The van der Waals surface area contributed by atoms with E-state index in [9.17, 15) is 5.26 Å². The minimum Gasteiger partial charge on any atom is -0.228 e. The van der Waals surface area contributed by atoms with Gasteiger partial charge in [0.1, 0.15) is 0 Å². The number of fused-ring (bicyclic) bond motifs is 5. The highest BCUT2D eigenvalue weighted by Crippen LogP contribution is 2.56. The van der Waals surface area contributed by atoms with Gasteiger partial charge in [-0.25, -0.2) is 9.97 Å². The normalized spacial score (nSPS) is 14.1. The Morgan fingerprint density at radius 1 is 0.440 bits per heavy atom. The molecule has 0 radical (unpaired) electrons. The van der Waals surface area contributed by atoms with E-state index in [0.717, 1.165) is 57.6 Å². The predicted molar refractivity (Wildman–Crippen MR) is 203 cm³/mol. The predicted octanol–water partition coefficient (Wildman–Crippen LogP) is 11.9. The lowest BCUT2D eigenvalue weighted by molar-refractivity contribution is 0.353. The molecule has 9 rings (SSSR count). The second kappa shape index (κ2) is 12.4. The Hall–Kier alpha value is -6.11. The molecule has 1 spiro atoms. The van der Waals surface area contributed by atoms with Crippen molar-refractivity contribution >= 4 is 0 Å². The van der Waals surface area contributed by atoms with Crippen LogP contribution in [0.4, 0.5) is 0 Å². The molecule has 0 saturated heterocycles. The quantitative estimate of drug-likeness (QED) is 0.188. The molecule has 0 aliphatic heterocycles. The molecule has 50 heavy (non-hydrogen) atoms. The van der Waals surface area contributed by atoms with Gasteiger partial charge in [0.05, 0.1) is 23.0 Å². The first-order chi connectivity index (χ1) is 24.7. The monoisotopic (exact) mass is 641 g/mol. The van der Waals surface area contributed by atoms with Gasteiger partial charge in [0.15, 0.2) is 5.82 Å². The van der Waals surface area contributed by atoms with Crippen LogP contribution in [0.25, 0.3) is 67.3 Å². The van der Waals surface area contributed by atoms with E-state index in [1.165, 1.54) is 52.6 Å². The molecule has 1 fully saturated rings. The summed E-state index contributed by atoms with van der Waals surface area (Å²) < 4.78 is 0. The Balaban J connectivity index is 1.18. The fourth-order valence-corrected chi connectivity index (χ4v) is 8.30. The van der Waals surface area contributed by atoms with Crippen molar-refractivity contribution < 1.29 is 0 Å². The Kier molecular flexibility index (Phi) is 7.44. The summed E-state index contributed by atoms with van der Waals surface area (Å²) in [5.41, 5.74) is 15.5. The topological polar surface area (TPSA) is 49.6 Å². The number of benzene rings is 6. The lowest BCUT2D eigenvalue weighted by atomic mass is 9.67. The highest BCUT2D eigenvalue weighted by atomic mass is 14.9. The Labute approximate surface area is 293 Å². The van der Waals surface area contributed by atoms with E-state index in [2.05, 4.69) is 140 Å². The summed E-state index contributed by atoms with van der Waals surface area (Å²) in [6, 6.07) is 55.8. The van der Waals surface area contributed by atoms with Crippen molar-refractivity contribution in [3.63, 3.8) is 0 Å². The molecule has 3 nitrogen and oxygen atoms in total. The standard InChI is InChI=1S/C47H35N3/c48-31-32-18-24-39-41-29-37(23-25-42(41)47(43(39)28-32)26-10-3-11-27-47)38-16-8-9-17-40(38)46-49-44(35-14-6-2-7-15-35)30-45(50-46)36-21-19-34(20-22-36)33-12-4-1-5-13-33/h1-2,4-9,12-25,28-30H,3,10-11,26-27H2. The number of nitrogens with zero attached hydrogens (tertiary/aromatic N) is 3. The van der Waals surface area contributed by atoms with Crippen LogP contribution in [0.5, 0.6) is 0 Å². The number of aromatic nitrogens is 2. The molecule has 1 heterocycles. The van der Waals surface area contributed by atoms with E-state index in [0.29, 0.717) is 5.82 Å². The summed E-state index contributed by atoms with van der Waals surface area (Å²) in [6.45, 7) is 0. The van der Waals surface area contributed by atoms with E-state index in [-0.39, 0.29) is 5.41 Å². The summed E-state index contributed by atoms with van der Waals surface area (Å²) in [5, 5.41) is 9.79. The van der Waals surface area contributed by atoms with Crippen LogP contribution >= 0.6 is 0 Å². The van der Waals surface area contributed by atoms with Crippen molar-refractivity contribution in [1.29, 1.82) is 5.26 Å². The lowest BCUT2D eigenvalue weighted by Gasteiger charge is -2.36. The summed E-state index contributed by atoms with van der Waals surface area (Å²) in [4.78, 5) is 10.4. The Morgan fingerprint density at radius 2 is 1.02 bits per heavy atom. The number of rotatable bonds is 5. The molecule has 0 bridgehead atoms. The van der Waals surface area contributed by atoms with Crippen LogP contribution < -0.4 is 0 Å². The van der Waals surface area contributed by atoms with E-state index in [1.54, 1.807) is 0 Å². The third-order valence-electron chi connectivity index (χ3n) is 10.8. The first-order valence-electron chi connectivity index (χ1n) is 17.6. The van der Waals surface area contributed by atoms with Gasteiger partial charge in [0.2, 0.25) is 0 Å². The third kappa shape index (κ3) is 5.13. The summed E-state index contributed by atoms with van der Waals surface area (Å²) in [6.07, 6.45) is 5.97. The largest absolute Gasteiger partial charge is 0.228 e. The zero-order valence-electron chi connectivity index (χ0n) is 27.8. The summed E-state index contributed by atoms with van der Waals surface area (Å²) in [7, 11) is 0. The maximum Gasteiger partial charge on any atom is 0.161 e. The number of nitriles is 1. The molecular weight excluding hydrogens is 607 g/mol. The van der Waals surface area contributed by atoms with E-state index in [4.69, 9.17) is 9.97 Å². The first-order valence-corrected chi connectivity index (χ1v) is 17.6. The average molecular weight is 642 g/mol. The van der Waals surface area contributed by atoms with Gasteiger partial charge in [-0.15, -0.1) is 0 Å². The molecule has 3 heteroatoms. The maximum absolute atomic E-state index is 9.79. The molecule has 2 aliphatic rings. The lowest BCUT2D eigenvalue weighted by Crippen LogP contribution is -2.28. The smallest absolute Gasteiger partial charge is 0.161 e. The molecule has 1 aromatic heterocycles. The highest BCUT2D eigenvalue weighted by Gasteiger charge is 2.44. The zero-order valence-corrected chi connectivity index (χ0v) is 27.8. The van der Waals surface area contributed by atoms with Gasteiger partial charge in [0, 0.05) is 22.1 Å². The summed E-state index contributed by atoms with van der Waals surface area (Å²) >= 11 is 0. The van der Waals surface area contributed by atoms with Crippen molar-refractivity contribution in [2.24, 2.45) is 0 Å². The fraction of sp³-hybridized carbons (Fsp3) is 0.128. The van der Waals surface area contributed by atoms with Crippen LogP contribution in [0, 0.1) is 11.3 Å². The summed E-state index contributed by atoms with van der Waals surface area (Å²) in [5.74, 6) is 0.701. The first kappa shape index (κ1) is 30.0. The maximum atomic E-state index is 9.79. The highest BCUT2D eigenvalue weighted by molar-refractivity contribution is 5.89. The Morgan fingerprint density at radius 3 is 1.72 bits per heavy atom. The second-order valence-electron chi connectivity index (χ2n) is 13.6. The van der Waals surface area contributed by atoms with Crippen LogP contribution in [0.3, 0.4) is 0 Å². The van der Waals surface area contributed by atoms with Crippen molar-refractivity contribution in [2.75, 3.05) is 0 Å². The van der Waals surface area contributed by atoms with Gasteiger partial charge in [-0.05, 0) is 81.6 Å². The molecule has 0 atom stereocenters. The minimum atomic E-state index is -0.00802. The van der Waals surface area contributed by atoms with Gasteiger partial charge < -0.3 is 0 Å². The number of hydrogen-bond acceptors (Lipinski definition) is 3. The number of hydrogen-bond donors (Lipinski definition) is 0. The van der Waals surface area contributed by atoms with Crippen LogP contribution in [-0.4, -0.2) is 9.97 Å². The minimum absolute atomic E-state index is 0.00802. The third-order valence-corrected chi connectivity index (χ3v) is 10.8. The fourth-order valence-electron chi connectivity index (χ4n) is 8.30. The molecular formula is C47H35N3. The van der Waals surface area contributed by atoms with Crippen LogP contribution in [0.15, 0.2) is 152 Å². The Bertz CT molecular complexity index is 2400. The van der Waals surface area contributed by atoms with Gasteiger partial charge in [-0.1, -0.05) is 147 Å². The van der Waals surface area contributed by atoms with Gasteiger partial charge >= 0.3 is 0 Å². The van der Waals surface area contributed by atoms with Crippen molar-refractivity contribution in [2.45, 2.75) is 37.5 Å². The van der Waals surface area contributed by atoms with Crippen molar-refractivity contribution in [3.05, 3.63) is 168 Å². The van der Waals surface area contributed by atoms with Gasteiger partial charge in [-0.2, -0.15) is 5.26 Å². The van der Waals surface area contributed by atoms with Crippen LogP contribution in [-0.2, 0) is 5.41 Å². The van der Waals surface area contributed by atoms with Gasteiger partial charge in [-0.3, -0.25) is 0 Å². The zero-order chi connectivity index (χ0) is 33.5. The molecule has 7 aromatic rings. The molecule has 0 amide bonds. The molecule has 0 N–H and O–H groups in total. The van der Waals surface area contributed by atoms with E-state index in [1.807, 2.05) is 18.2 Å². The van der Waals surface area contributed by atoms with Crippen molar-refractivity contribution in [3.8, 4) is 73.4 Å². The van der Waals surface area contributed by atoms with Crippen LogP contribution in [0.1, 0.15) is 48.8 Å². The molecule has 1 saturated carbocycles.